The zero-order chi connectivity index (χ0) is 20.5. The Morgan fingerprint density at radius 2 is 1.96 bits per heavy atom. The van der Waals surface area contributed by atoms with Crippen LogP contribution in [-0.2, 0) is 4.79 Å². The van der Waals surface area contributed by atoms with Gasteiger partial charge in [-0.3, -0.25) is 9.59 Å². The van der Waals surface area contributed by atoms with E-state index >= 15 is 0 Å². The molecule has 3 rings (SSSR count). The van der Waals surface area contributed by atoms with E-state index in [4.69, 9.17) is 10.2 Å². The Hall–Kier alpha value is -2.84. The van der Waals surface area contributed by atoms with Crippen LogP contribution in [0.25, 0.3) is 11.0 Å². The lowest BCUT2D eigenvalue weighted by Crippen LogP contribution is -2.57. The maximum Gasteiger partial charge on any atom is 0.256 e. The fourth-order valence-corrected chi connectivity index (χ4v) is 3.57. The van der Waals surface area contributed by atoms with Crippen molar-refractivity contribution in [2.45, 2.75) is 29.2 Å². The van der Waals surface area contributed by atoms with Crippen molar-refractivity contribution in [3.05, 3.63) is 59.6 Å². The summed E-state index contributed by atoms with van der Waals surface area (Å²) in [6, 6.07) is 12.0. The number of benzene rings is 2. The normalized spacial score (nSPS) is 13.3. The molecular weight excluding hydrogens is 383 g/mol. The van der Waals surface area contributed by atoms with E-state index in [1.165, 1.54) is 30.8 Å². The second kappa shape index (κ2) is 7.65. The highest BCUT2D eigenvalue weighted by Crippen LogP contribution is 2.35. The Morgan fingerprint density at radius 3 is 2.57 bits per heavy atom. The van der Waals surface area contributed by atoms with Crippen molar-refractivity contribution < 1.29 is 23.5 Å². The number of hydrogen-bond acceptors (Lipinski definition) is 5. The van der Waals surface area contributed by atoms with Crippen molar-refractivity contribution in [3.63, 3.8) is 0 Å². The number of rotatable bonds is 6. The van der Waals surface area contributed by atoms with Crippen LogP contribution in [0.5, 0.6) is 0 Å². The zero-order valence-electron chi connectivity index (χ0n) is 15.3. The molecule has 1 aromatic heterocycles. The highest BCUT2D eigenvalue weighted by molar-refractivity contribution is 7.99. The fraction of sp³-hybridized carbons (Fsp3) is 0.200. The van der Waals surface area contributed by atoms with E-state index in [0.717, 1.165) is 4.90 Å². The maximum atomic E-state index is 14.5. The summed E-state index contributed by atoms with van der Waals surface area (Å²) in [5.74, 6) is -1.73. The highest BCUT2D eigenvalue weighted by atomic mass is 32.2. The van der Waals surface area contributed by atoms with Gasteiger partial charge in [0.25, 0.3) is 5.91 Å². The largest absolute Gasteiger partial charge is 0.460 e. The SMILES string of the molecule is Cc1oc2cc(F)c(Sc3ccccc3)cc2c1C(=O)N[C@@](C)(CO)C(N)=O. The summed E-state index contributed by atoms with van der Waals surface area (Å²) >= 11 is 1.22. The minimum atomic E-state index is -1.63. The molecule has 146 valence electrons. The lowest BCUT2D eigenvalue weighted by Gasteiger charge is -2.24. The average Bonchev–Trinajstić information content (AvgIpc) is 2.97. The Kier molecular flexibility index (Phi) is 5.44. The summed E-state index contributed by atoms with van der Waals surface area (Å²) in [6.45, 7) is 2.23. The molecule has 28 heavy (non-hydrogen) atoms. The molecule has 0 saturated heterocycles. The van der Waals surface area contributed by atoms with Crippen molar-refractivity contribution >= 4 is 34.5 Å². The predicted octanol–water partition coefficient (Wildman–Crippen LogP) is 3.00. The minimum Gasteiger partial charge on any atom is -0.460 e. The van der Waals surface area contributed by atoms with Crippen LogP contribution in [0.15, 0.2) is 56.7 Å². The van der Waals surface area contributed by atoms with Gasteiger partial charge in [0.1, 0.15) is 22.7 Å². The number of nitrogens with one attached hydrogen (secondary N) is 1. The van der Waals surface area contributed by atoms with Crippen molar-refractivity contribution in [2.24, 2.45) is 5.73 Å². The first-order valence-corrected chi connectivity index (χ1v) is 9.25. The second-order valence-electron chi connectivity index (χ2n) is 6.54. The van der Waals surface area contributed by atoms with Crippen molar-refractivity contribution in [1.29, 1.82) is 0 Å². The van der Waals surface area contributed by atoms with Gasteiger partial charge in [-0.25, -0.2) is 4.39 Å². The molecule has 2 aromatic carbocycles. The van der Waals surface area contributed by atoms with E-state index < -0.39 is 29.8 Å². The van der Waals surface area contributed by atoms with Gasteiger partial charge in [0.2, 0.25) is 5.91 Å². The third-order valence-electron chi connectivity index (χ3n) is 4.37. The van der Waals surface area contributed by atoms with E-state index in [1.54, 1.807) is 6.92 Å². The van der Waals surface area contributed by atoms with Crippen LogP contribution in [0.3, 0.4) is 0 Å². The van der Waals surface area contributed by atoms with Gasteiger partial charge in [-0.05, 0) is 32.0 Å². The van der Waals surface area contributed by atoms with Gasteiger partial charge in [0, 0.05) is 21.2 Å². The first-order valence-electron chi connectivity index (χ1n) is 8.44. The molecule has 1 atom stereocenters. The Bertz CT molecular complexity index is 1050. The lowest BCUT2D eigenvalue weighted by atomic mass is 10.0. The van der Waals surface area contributed by atoms with Crippen molar-refractivity contribution in [1.82, 2.24) is 5.32 Å². The molecule has 4 N–H and O–H groups in total. The van der Waals surface area contributed by atoms with Crippen molar-refractivity contribution in [2.75, 3.05) is 6.61 Å². The maximum absolute atomic E-state index is 14.5. The lowest BCUT2D eigenvalue weighted by molar-refractivity contribution is -0.124. The second-order valence-corrected chi connectivity index (χ2v) is 7.65. The summed E-state index contributed by atoms with van der Waals surface area (Å²) in [5.41, 5.74) is 4.01. The Morgan fingerprint density at radius 1 is 1.29 bits per heavy atom. The number of aryl methyl sites for hydroxylation is 1. The molecule has 0 saturated carbocycles. The molecule has 1 heterocycles. The number of hydrogen-bond donors (Lipinski definition) is 3. The van der Waals surface area contributed by atoms with Crippen LogP contribution in [0.2, 0.25) is 0 Å². The van der Waals surface area contributed by atoms with E-state index in [-0.39, 0.29) is 16.9 Å². The number of primary amides is 1. The molecule has 8 heteroatoms. The van der Waals surface area contributed by atoms with Crippen LogP contribution in [-0.4, -0.2) is 29.1 Å². The predicted molar refractivity (Wildman–Crippen MR) is 104 cm³/mol. The van der Waals surface area contributed by atoms with Crippen molar-refractivity contribution in [3.8, 4) is 0 Å². The third-order valence-corrected chi connectivity index (χ3v) is 5.41. The number of fused-ring (bicyclic) bond motifs is 1. The average molecular weight is 402 g/mol. The van der Waals surface area contributed by atoms with E-state index in [9.17, 15) is 19.1 Å². The van der Waals surface area contributed by atoms with Gasteiger partial charge in [0.05, 0.1) is 12.2 Å². The third kappa shape index (κ3) is 3.74. The van der Waals surface area contributed by atoms with Gasteiger partial charge in [-0.2, -0.15) is 0 Å². The summed E-state index contributed by atoms with van der Waals surface area (Å²) in [6.07, 6.45) is 0. The van der Waals surface area contributed by atoms with Crippen LogP contribution in [0.1, 0.15) is 23.0 Å². The highest BCUT2D eigenvalue weighted by Gasteiger charge is 2.34. The first kappa shape index (κ1) is 19.9. The quantitative estimate of drug-likeness (QED) is 0.588. The van der Waals surface area contributed by atoms with E-state index in [2.05, 4.69) is 5.32 Å². The molecule has 0 aliphatic heterocycles. The van der Waals surface area contributed by atoms with Gasteiger partial charge in [-0.15, -0.1) is 0 Å². The number of aliphatic hydroxyl groups is 1. The minimum absolute atomic E-state index is 0.158. The van der Waals surface area contributed by atoms with E-state index in [1.807, 2.05) is 30.3 Å². The number of amides is 2. The molecule has 0 bridgehead atoms. The van der Waals surface area contributed by atoms with Gasteiger partial charge < -0.3 is 20.6 Å². The summed E-state index contributed by atoms with van der Waals surface area (Å²) in [7, 11) is 0. The monoisotopic (exact) mass is 402 g/mol. The Balaban J connectivity index is 2.03. The molecule has 3 aromatic rings. The van der Waals surface area contributed by atoms with Crippen LogP contribution < -0.4 is 11.1 Å². The van der Waals surface area contributed by atoms with Crippen LogP contribution in [0.4, 0.5) is 4.39 Å². The smallest absolute Gasteiger partial charge is 0.256 e. The number of aliphatic hydroxyl groups excluding tert-OH is 1. The molecule has 2 amide bonds. The number of nitrogens with two attached hydrogens (primary N) is 1. The molecular formula is C20H19FN2O4S. The number of carbonyl (C=O) groups is 2. The standard InChI is InChI=1S/C20H19FN2O4S/c1-11-17(18(25)23-20(2,10-24)19(22)26)13-8-16(14(21)9-15(13)27-11)28-12-6-4-3-5-7-12/h3-9,24H,10H2,1-2H3,(H2,22,26)(H,23,25)/t20-/m0/s1. The number of halogens is 1. The molecule has 0 unspecified atom stereocenters. The molecule has 0 aliphatic rings. The van der Waals surface area contributed by atoms with Gasteiger partial charge in [0.15, 0.2) is 0 Å². The molecule has 6 nitrogen and oxygen atoms in total. The summed E-state index contributed by atoms with van der Waals surface area (Å²) in [5, 5.41) is 12.3. The van der Waals surface area contributed by atoms with E-state index in [0.29, 0.717) is 10.3 Å². The van der Waals surface area contributed by atoms with Gasteiger partial charge >= 0.3 is 0 Å². The molecule has 0 fully saturated rings. The number of furan rings is 1. The number of carbonyl (C=O) groups excluding carboxylic acids is 2. The fourth-order valence-electron chi connectivity index (χ4n) is 2.69. The molecule has 0 radical (unpaired) electrons. The van der Waals surface area contributed by atoms with Crippen LogP contribution in [0, 0.1) is 12.7 Å². The molecule has 0 spiro atoms. The first-order chi connectivity index (χ1) is 13.2. The zero-order valence-corrected chi connectivity index (χ0v) is 16.1. The summed E-state index contributed by atoms with van der Waals surface area (Å²) < 4.78 is 20.0. The Labute approximate surface area is 164 Å². The van der Waals surface area contributed by atoms with Gasteiger partial charge in [-0.1, -0.05) is 30.0 Å². The topological polar surface area (TPSA) is 106 Å². The molecule has 0 aliphatic carbocycles. The summed E-state index contributed by atoms with van der Waals surface area (Å²) in [4.78, 5) is 25.5. The van der Waals surface area contributed by atoms with Crippen LogP contribution >= 0.6 is 11.8 Å².